The molecule has 1 heterocycles. The van der Waals surface area contributed by atoms with Gasteiger partial charge in [-0.3, -0.25) is 0 Å². The van der Waals surface area contributed by atoms with Crippen molar-refractivity contribution in [3.05, 3.63) is 66.7 Å². The first-order chi connectivity index (χ1) is 14.1. The first-order valence-corrected chi connectivity index (χ1v) is 9.01. The van der Waals surface area contributed by atoms with Crippen LogP contribution in [0.1, 0.15) is 0 Å². The molecule has 0 saturated carbocycles. The highest BCUT2D eigenvalue weighted by molar-refractivity contribution is 5.82. The summed E-state index contributed by atoms with van der Waals surface area (Å²) in [5.74, 6) is 1.44. The van der Waals surface area contributed by atoms with Gasteiger partial charge in [-0.2, -0.15) is 0 Å². The van der Waals surface area contributed by atoms with Crippen molar-refractivity contribution < 1.29 is 19.7 Å². The Morgan fingerprint density at radius 1 is 0.724 bits per heavy atom. The maximum absolute atomic E-state index is 9.88. The maximum atomic E-state index is 9.88. The largest absolute Gasteiger partial charge is 0.504 e. The molecule has 6 nitrogen and oxygen atoms in total. The molecule has 3 aromatic carbocycles. The van der Waals surface area contributed by atoms with Crippen molar-refractivity contribution in [2.75, 3.05) is 14.2 Å². The number of rotatable bonds is 5. The molecule has 1 aromatic heterocycles. The number of aromatic hydroxyl groups is 2. The first kappa shape index (κ1) is 18.4. The quantitative estimate of drug-likeness (QED) is 0.426. The fourth-order valence-electron chi connectivity index (χ4n) is 3.19. The van der Waals surface area contributed by atoms with Gasteiger partial charge in [-0.25, -0.2) is 4.98 Å². The van der Waals surface area contributed by atoms with Crippen molar-refractivity contribution >= 4 is 0 Å². The summed E-state index contributed by atoms with van der Waals surface area (Å²) < 4.78 is 10.8. The minimum Gasteiger partial charge on any atom is -0.504 e. The number of nitrogens with zero attached hydrogens (tertiary/aromatic N) is 1. The van der Waals surface area contributed by atoms with E-state index in [0.717, 1.165) is 22.5 Å². The minimum atomic E-state index is -0.201. The highest BCUT2D eigenvalue weighted by Crippen LogP contribution is 2.38. The first-order valence-electron chi connectivity index (χ1n) is 9.01. The average Bonchev–Trinajstić information content (AvgIpc) is 3.21. The molecule has 6 heteroatoms. The van der Waals surface area contributed by atoms with Crippen LogP contribution >= 0.6 is 0 Å². The zero-order valence-electron chi connectivity index (χ0n) is 16.0. The number of nitrogens with one attached hydrogen (secondary N) is 1. The van der Waals surface area contributed by atoms with Gasteiger partial charge in [-0.1, -0.05) is 30.3 Å². The van der Waals surface area contributed by atoms with Gasteiger partial charge in [-0.05, 0) is 36.4 Å². The molecule has 0 amide bonds. The normalized spacial score (nSPS) is 10.7. The summed E-state index contributed by atoms with van der Waals surface area (Å²) in [6.07, 6.45) is 0. The van der Waals surface area contributed by atoms with Crippen LogP contribution in [-0.2, 0) is 0 Å². The van der Waals surface area contributed by atoms with E-state index in [0.29, 0.717) is 22.9 Å². The number of phenolic OH excluding ortho intramolecular Hbond substituents is 2. The van der Waals surface area contributed by atoms with Crippen LogP contribution in [0, 0.1) is 0 Å². The van der Waals surface area contributed by atoms with Crippen LogP contribution in [0.2, 0.25) is 0 Å². The molecule has 0 bridgehead atoms. The second kappa shape index (κ2) is 7.59. The van der Waals surface area contributed by atoms with E-state index >= 15 is 0 Å². The Morgan fingerprint density at radius 3 is 2.14 bits per heavy atom. The van der Waals surface area contributed by atoms with Crippen LogP contribution in [0.15, 0.2) is 66.7 Å². The van der Waals surface area contributed by atoms with Gasteiger partial charge >= 0.3 is 0 Å². The Morgan fingerprint density at radius 2 is 1.45 bits per heavy atom. The van der Waals surface area contributed by atoms with Gasteiger partial charge < -0.3 is 24.7 Å². The van der Waals surface area contributed by atoms with Gasteiger partial charge in [0.05, 0.1) is 25.6 Å². The number of hydrogen-bond acceptors (Lipinski definition) is 5. The van der Waals surface area contributed by atoms with Gasteiger partial charge in [0.15, 0.2) is 23.0 Å². The van der Waals surface area contributed by atoms with Crippen molar-refractivity contribution in [1.29, 1.82) is 0 Å². The van der Waals surface area contributed by atoms with Gasteiger partial charge in [0.25, 0.3) is 0 Å². The zero-order chi connectivity index (χ0) is 20.4. The molecule has 0 fully saturated rings. The third kappa shape index (κ3) is 3.48. The van der Waals surface area contributed by atoms with Crippen LogP contribution in [0.5, 0.6) is 23.0 Å². The number of benzene rings is 3. The summed E-state index contributed by atoms with van der Waals surface area (Å²) in [5, 5.41) is 19.5. The van der Waals surface area contributed by atoms with Crippen molar-refractivity contribution in [2.24, 2.45) is 0 Å². The lowest BCUT2D eigenvalue weighted by atomic mass is 10.0. The van der Waals surface area contributed by atoms with Crippen molar-refractivity contribution in [1.82, 2.24) is 9.97 Å². The number of imidazole rings is 1. The molecular weight excluding hydrogens is 368 g/mol. The number of methoxy groups -OCH3 is 2. The SMILES string of the molecule is COc1ccc(-c2nc(-c3ccc(O)c(O)c3)[nH]c2-c2ccccc2)cc1OC. The molecule has 0 spiro atoms. The number of aromatic amines is 1. The number of phenols is 2. The highest BCUT2D eigenvalue weighted by Gasteiger charge is 2.17. The Hall–Kier alpha value is -3.93. The van der Waals surface area contributed by atoms with Crippen LogP contribution < -0.4 is 9.47 Å². The summed E-state index contributed by atoms with van der Waals surface area (Å²) in [5.41, 5.74) is 4.05. The number of hydrogen-bond donors (Lipinski definition) is 3. The zero-order valence-corrected chi connectivity index (χ0v) is 16.0. The minimum absolute atomic E-state index is 0.177. The predicted molar refractivity (Wildman–Crippen MR) is 111 cm³/mol. The molecule has 3 N–H and O–H groups in total. The van der Waals surface area contributed by atoms with Crippen LogP contribution in [0.4, 0.5) is 0 Å². The molecule has 0 saturated heterocycles. The monoisotopic (exact) mass is 388 g/mol. The molecule has 146 valence electrons. The lowest BCUT2D eigenvalue weighted by Gasteiger charge is -2.09. The van der Waals surface area contributed by atoms with Crippen LogP contribution in [0.25, 0.3) is 33.9 Å². The lowest BCUT2D eigenvalue weighted by molar-refractivity contribution is 0.355. The summed E-state index contributed by atoms with van der Waals surface area (Å²) in [4.78, 5) is 8.13. The van der Waals surface area contributed by atoms with Crippen LogP contribution in [0.3, 0.4) is 0 Å². The summed E-state index contributed by atoms with van der Waals surface area (Å²) >= 11 is 0. The second-order valence-electron chi connectivity index (χ2n) is 6.45. The van der Waals surface area contributed by atoms with E-state index < -0.39 is 0 Å². The van der Waals surface area contributed by atoms with Gasteiger partial charge in [0.2, 0.25) is 0 Å². The predicted octanol–water partition coefficient (Wildman–Crippen LogP) is 4.84. The van der Waals surface area contributed by atoms with Gasteiger partial charge in [-0.15, -0.1) is 0 Å². The molecule has 4 rings (SSSR count). The number of ether oxygens (including phenoxy) is 2. The molecule has 0 aliphatic rings. The third-order valence-corrected chi connectivity index (χ3v) is 4.67. The number of aromatic nitrogens is 2. The van der Waals surface area contributed by atoms with E-state index in [1.807, 2.05) is 48.5 Å². The number of H-pyrrole nitrogens is 1. The fraction of sp³-hybridized carbons (Fsp3) is 0.0870. The highest BCUT2D eigenvalue weighted by atomic mass is 16.5. The van der Waals surface area contributed by atoms with E-state index in [1.165, 1.54) is 12.1 Å². The fourth-order valence-corrected chi connectivity index (χ4v) is 3.19. The van der Waals surface area contributed by atoms with E-state index in [9.17, 15) is 10.2 Å². The summed E-state index contributed by atoms with van der Waals surface area (Å²) in [7, 11) is 3.19. The molecule has 29 heavy (non-hydrogen) atoms. The van der Waals surface area contributed by atoms with E-state index in [-0.39, 0.29) is 11.5 Å². The second-order valence-corrected chi connectivity index (χ2v) is 6.45. The summed E-state index contributed by atoms with van der Waals surface area (Å²) in [6, 6.07) is 20.1. The van der Waals surface area contributed by atoms with Crippen LogP contribution in [-0.4, -0.2) is 34.4 Å². The Kier molecular flexibility index (Phi) is 4.83. The molecule has 0 radical (unpaired) electrons. The lowest BCUT2D eigenvalue weighted by Crippen LogP contribution is -1.91. The van der Waals surface area contributed by atoms with Gasteiger partial charge in [0.1, 0.15) is 5.82 Å². The smallest absolute Gasteiger partial charge is 0.161 e. The van der Waals surface area contributed by atoms with E-state index in [4.69, 9.17) is 14.5 Å². The topological polar surface area (TPSA) is 87.6 Å². The molecule has 0 atom stereocenters. The Labute approximate surface area is 168 Å². The average molecular weight is 388 g/mol. The maximum Gasteiger partial charge on any atom is 0.161 e. The Balaban J connectivity index is 1.90. The third-order valence-electron chi connectivity index (χ3n) is 4.67. The van der Waals surface area contributed by atoms with Crippen molar-refractivity contribution in [3.63, 3.8) is 0 Å². The van der Waals surface area contributed by atoms with Gasteiger partial charge in [0, 0.05) is 16.7 Å². The molecule has 0 unspecified atom stereocenters. The summed E-state index contributed by atoms with van der Waals surface area (Å²) in [6.45, 7) is 0. The molecule has 0 aliphatic carbocycles. The Bertz CT molecular complexity index is 1150. The van der Waals surface area contributed by atoms with E-state index in [2.05, 4.69) is 4.98 Å². The molecule has 0 aliphatic heterocycles. The van der Waals surface area contributed by atoms with Crippen molar-refractivity contribution in [3.8, 4) is 56.9 Å². The van der Waals surface area contributed by atoms with Crippen molar-refractivity contribution in [2.45, 2.75) is 0 Å². The van der Waals surface area contributed by atoms with E-state index in [1.54, 1.807) is 20.3 Å². The molecular formula is C23H20N2O4. The standard InChI is InChI=1S/C23H20N2O4/c1-28-19-11-9-15(13-20(19)29-2)22-21(14-6-4-3-5-7-14)24-23(25-22)16-8-10-17(26)18(27)12-16/h3-13,26-27H,1-2H3,(H,24,25). The molecule has 4 aromatic rings.